The first-order valence-corrected chi connectivity index (χ1v) is 9.97. The minimum absolute atomic E-state index is 0.00193. The van der Waals surface area contributed by atoms with Gasteiger partial charge >= 0.3 is 0 Å². The van der Waals surface area contributed by atoms with E-state index in [-0.39, 0.29) is 29.7 Å². The third kappa shape index (κ3) is 5.49. The number of amides is 2. The van der Waals surface area contributed by atoms with Crippen molar-refractivity contribution in [3.63, 3.8) is 0 Å². The quantitative estimate of drug-likeness (QED) is 0.805. The van der Waals surface area contributed by atoms with Gasteiger partial charge in [0.2, 0.25) is 11.8 Å². The van der Waals surface area contributed by atoms with Crippen LogP contribution in [-0.2, 0) is 9.59 Å². The zero-order valence-electron chi connectivity index (χ0n) is 15.9. The van der Waals surface area contributed by atoms with E-state index in [1.165, 1.54) is 12.8 Å². The molecule has 4 heteroatoms. The molecule has 0 aromatic heterocycles. The molecule has 2 aliphatic rings. The van der Waals surface area contributed by atoms with Crippen molar-refractivity contribution >= 4 is 11.8 Å². The summed E-state index contributed by atoms with van der Waals surface area (Å²) < 4.78 is 0. The van der Waals surface area contributed by atoms with Gasteiger partial charge in [0.15, 0.2) is 0 Å². The lowest BCUT2D eigenvalue weighted by Gasteiger charge is -2.31. The Kier molecular flexibility index (Phi) is 7.12. The SMILES string of the molecule is CC1CCC(NC(=O)C(NC(=O)C2CCC(C)CC2)C(C)C)CC1. The Morgan fingerprint density at radius 3 is 1.83 bits per heavy atom. The van der Waals surface area contributed by atoms with E-state index < -0.39 is 6.04 Å². The largest absolute Gasteiger partial charge is 0.352 e. The van der Waals surface area contributed by atoms with Crippen molar-refractivity contribution in [1.29, 1.82) is 0 Å². The summed E-state index contributed by atoms with van der Waals surface area (Å²) in [7, 11) is 0. The summed E-state index contributed by atoms with van der Waals surface area (Å²) in [5.74, 6) is 1.78. The molecule has 2 rings (SSSR count). The topological polar surface area (TPSA) is 58.2 Å². The molecule has 138 valence electrons. The van der Waals surface area contributed by atoms with Crippen LogP contribution in [-0.4, -0.2) is 23.9 Å². The predicted octanol–water partition coefficient (Wildman–Crippen LogP) is 3.65. The van der Waals surface area contributed by atoms with Gasteiger partial charge in [0.05, 0.1) is 0 Å². The molecule has 2 amide bonds. The van der Waals surface area contributed by atoms with Crippen molar-refractivity contribution in [2.45, 2.75) is 91.1 Å². The summed E-state index contributed by atoms with van der Waals surface area (Å²) in [6.07, 6.45) is 8.65. The Labute approximate surface area is 147 Å². The van der Waals surface area contributed by atoms with Crippen LogP contribution in [0.5, 0.6) is 0 Å². The van der Waals surface area contributed by atoms with Crippen LogP contribution in [0, 0.1) is 23.7 Å². The lowest BCUT2D eigenvalue weighted by molar-refractivity contribution is -0.133. The lowest BCUT2D eigenvalue weighted by Crippen LogP contribution is -2.53. The number of carbonyl (C=O) groups excluding carboxylic acids is 2. The Hall–Kier alpha value is -1.06. The Morgan fingerprint density at radius 2 is 1.33 bits per heavy atom. The van der Waals surface area contributed by atoms with Gasteiger partial charge in [0.1, 0.15) is 6.04 Å². The molecule has 0 radical (unpaired) electrons. The van der Waals surface area contributed by atoms with Crippen LogP contribution in [0.25, 0.3) is 0 Å². The predicted molar refractivity (Wildman–Crippen MR) is 97.5 cm³/mol. The van der Waals surface area contributed by atoms with E-state index in [0.717, 1.165) is 50.4 Å². The van der Waals surface area contributed by atoms with E-state index in [4.69, 9.17) is 0 Å². The Morgan fingerprint density at radius 1 is 0.833 bits per heavy atom. The van der Waals surface area contributed by atoms with Crippen LogP contribution in [0.1, 0.15) is 79.1 Å². The van der Waals surface area contributed by atoms with E-state index in [2.05, 4.69) is 24.5 Å². The summed E-state index contributed by atoms with van der Waals surface area (Å²) in [6, 6.07) is -0.126. The molecule has 0 aromatic rings. The average Bonchev–Trinajstić information content (AvgIpc) is 2.54. The third-order valence-electron chi connectivity index (χ3n) is 6.00. The van der Waals surface area contributed by atoms with Gasteiger partial charge < -0.3 is 10.6 Å². The van der Waals surface area contributed by atoms with Gasteiger partial charge in [-0.3, -0.25) is 9.59 Å². The zero-order valence-corrected chi connectivity index (χ0v) is 15.9. The molecule has 0 saturated heterocycles. The first-order chi connectivity index (χ1) is 11.4. The minimum atomic E-state index is -0.406. The molecule has 0 spiro atoms. The summed E-state index contributed by atoms with van der Waals surface area (Å²) in [6.45, 7) is 8.55. The highest BCUT2D eigenvalue weighted by Crippen LogP contribution is 2.28. The summed E-state index contributed by atoms with van der Waals surface area (Å²) >= 11 is 0. The first-order valence-electron chi connectivity index (χ1n) is 9.97. The van der Waals surface area contributed by atoms with Crippen LogP contribution in [0.2, 0.25) is 0 Å². The monoisotopic (exact) mass is 336 g/mol. The van der Waals surface area contributed by atoms with E-state index in [0.29, 0.717) is 0 Å². The van der Waals surface area contributed by atoms with E-state index in [1.807, 2.05) is 13.8 Å². The van der Waals surface area contributed by atoms with Crippen molar-refractivity contribution in [1.82, 2.24) is 10.6 Å². The van der Waals surface area contributed by atoms with Crippen LogP contribution in [0.3, 0.4) is 0 Å². The van der Waals surface area contributed by atoms with Gasteiger partial charge in [0.25, 0.3) is 0 Å². The maximum absolute atomic E-state index is 12.7. The minimum Gasteiger partial charge on any atom is -0.352 e. The molecule has 0 aromatic carbocycles. The summed E-state index contributed by atoms with van der Waals surface area (Å²) in [5.41, 5.74) is 0. The van der Waals surface area contributed by atoms with Crippen molar-refractivity contribution in [3.8, 4) is 0 Å². The molecular weight excluding hydrogens is 300 g/mol. The molecule has 1 unspecified atom stereocenters. The Balaban J connectivity index is 1.86. The highest BCUT2D eigenvalue weighted by Gasteiger charge is 2.31. The van der Waals surface area contributed by atoms with Crippen LogP contribution >= 0.6 is 0 Å². The van der Waals surface area contributed by atoms with Crippen LogP contribution < -0.4 is 10.6 Å². The fourth-order valence-electron chi connectivity index (χ4n) is 4.02. The molecular formula is C20H36N2O2. The van der Waals surface area contributed by atoms with Gasteiger partial charge in [-0.05, 0) is 69.1 Å². The normalized spacial score (nSPS) is 32.2. The maximum atomic E-state index is 12.7. The van der Waals surface area contributed by atoms with Gasteiger partial charge in [0, 0.05) is 12.0 Å². The average molecular weight is 337 g/mol. The van der Waals surface area contributed by atoms with Gasteiger partial charge in [-0.2, -0.15) is 0 Å². The van der Waals surface area contributed by atoms with Crippen molar-refractivity contribution in [3.05, 3.63) is 0 Å². The van der Waals surface area contributed by atoms with E-state index in [9.17, 15) is 9.59 Å². The fraction of sp³-hybridized carbons (Fsp3) is 0.900. The molecule has 1 atom stereocenters. The molecule has 0 heterocycles. The number of hydrogen-bond acceptors (Lipinski definition) is 2. The van der Waals surface area contributed by atoms with E-state index >= 15 is 0 Å². The summed E-state index contributed by atoms with van der Waals surface area (Å²) in [5, 5.41) is 6.23. The zero-order chi connectivity index (χ0) is 17.7. The molecule has 2 N–H and O–H groups in total. The van der Waals surface area contributed by atoms with Crippen molar-refractivity contribution < 1.29 is 9.59 Å². The fourth-order valence-corrected chi connectivity index (χ4v) is 4.02. The van der Waals surface area contributed by atoms with Crippen molar-refractivity contribution in [2.75, 3.05) is 0 Å². The third-order valence-corrected chi connectivity index (χ3v) is 6.00. The standard InChI is InChI=1S/C20H36N2O2/c1-13(2)18(20(24)21-17-11-7-15(4)8-12-17)22-19(23)16-9-5-14(3)6-10-16/h13-18H,5-12H2,1-4H3,(H,21,24)(H,22,23). The van der Waals surface area contributed by atoms with Crippen LogP contribution in [0.15, 0.2) is 0 Å². The number of rotatable bonds is 5. The Bertz CT molecular complexity index is 419. The molecule has 2 fully saturated rings. The maximum Gasteiger partial charge on any atom is 0.243 e. The molecule has 2 aliphatic carbocycles. The lowest BCUT2D eigenvalue weighted by atomic mass is 9.82. The molecule has 0 aliphatic heterocycles. The molecule has 4 nitrogen and oxygen atoms in total. The summed E-state index contributed by atoms with van der Waals surface area (Å²) in [4.78, 5) is 25.2. The number of hydrogen-bond donors (Lipinski definition) is 2. The molecule has 24 heavy (non-hydrogen) atoms. The first kappa shape index (κ1) is 19.3. The second kappa shape index (κ2) is 8.87. The highest BCUT2D eigenvalue weighted by atomic mass is 16.2. The van der Waals surface area contributed by atoms with E-state index in [1.54, 1.807) is 0 Å². The van der Waals surface area contributed by atoms with Gasteiger partial charge in [-0.15, -0.1) is 0 Å². The van der Waals surface area contributed by atoms with Crippen LogP contribution in [0.4, 0.5) is 0 Å². The second-order valence-corrected chi connectivity index (χ2v) is 8.65. The number of carbonyl (C=O) groups is 2. The van der Waals surface area contributed by atoms with Gasteiger partial charge in [-0.25, -0.2) is 0 Å². The molecule has 2 saturated carbocycles. The van der Waals surface area contributed by atoms with Gasteiger partial charge in [-0.1, -0.05) is 27.7 Å². The second-order valence-electron chi connectivity index (χ2n) is 8.65. The van der Waals surface area contributed by atoms with Crippen molar-refractivity contribution in [2.24, 2.45) is 23.7 Å². The molecule has 0 bridgehead atoms. The smallest absolute Gasteiger partial charge is 0.243 e. The number of nitrogens with one attached hydrogen (secondary N) is 2. The highest BCUT2D eigenvalue weighted by molar-refractivity contribution is 5.88.